The number of carbonyl (C=O) groups is 4. The van der Waals surface area contributed by atoms with E-state index in [-0.39, 0.29) is 57.7 Å². The van der Waals surface area contributed by atoms with Gasteiger partial charge in [0.25, 0.3) is 5.91 Å². The zero-order chi connectivity index (χ0) is 44.7. The van der Waals surface area contributed by atoms with E-state index in [0.717, 1.165) is 81.1 Å². The van der Waals surface area contributed by atoms with Crippen LogP contribution in [-0.4, -0.2) is 79.0 Å². The number of carbonyl (C=O) groups excluding carboxylic acids is 3. The lowest BCUT2D eigenvalue weighted by Crippen LogP contribution is -2.65. The van der Waals surface area contributed by atoms with Crippen molar-refractivity contribution in [2.24, 2.45) is 56.2 Å². The second kappa shape index (κ2) is 15.8. The van der Waals surface area contributed by atoms with Crippen molar-refractivity contribution in [3.8, 4) is 5.75 Å². The summed E-state index contributed by atoms with van der Waals surface area (Å²) in [4.78, 5) is 62.8. The number of carboxylic acid groups (broad SMARTS) is 1. The van der Waals surface area contributed by atoms with E-state index in [1.807, 2.05) is 18.2 Å². The Bertz CT molecular complexity index is 2040. The summed E-state index contributed by atoms with van der Waals surface area (Å²) in [6.07, 6.45) is 14.3. The van der Waals surface area contributed by atoms with E-state index in [2.05, 4.69) is 78.5 Å². The van der Waals surface area contributed by atoms with E-state index in [0.29, 0.717) is 36.4 Å². The van der Waals surface area contributed by atoms with Gasteiger partial charge >= 0.3 is 11.9 Å². The highest BCUT2D eigenvalue weighted by Gasteiger charge is 2.70. The number of pyridine rings is 1. The molecule has 0 radical (unpaired) electrons. The Labute approximate surface area is 365 Å². The fraction of sp³-hybridized carbons (Fsp3) is 0.706. The molecule has 0 spiro atoms. The van der Waals surface area contributed by atoms with Gasteiger partial charge in [-0.05, 0) is 160 Å². The molecule has 8 unspecified atom stereocenters. The molecule has 4 saturated carbocycles. The van der Waals surface area contributed by atoms with E-state index in [9.17, 15) is 24.3 Å². The van der Waals surface area contributed by atoms with Crippen molar-refractivity contribution in [2.75, 3.05) is 39.2 Å². The second-order valence-corrected chi connectivity index (χ2v) is 22.4. The number of hydrogen-bond donors (Lipinski definition) is 1. The number of rotatable bonds is 11. The van der Waals surface area contributed by atoms with Gasteiger partial charge in [-0.2, -0.15) is 0 Å². The van der Waals surface area contributed by atoms with E-state index in [1.54, 1.807) is 32.1 Å². The van der Waals surface area contributed by atoms with Crippen LogP contribution in [0.4, 0.5) is 5.82 Å². The highest BCUT2D eigenvalue weighted by atomic mass is 16.5. The summed E-state index contributed by atoms with van der Waals surface area (Å²) in [5.74, 6) is 1.02. The fourth-order valence-electron chi connectivity index (χ4n) is 14.2. The minimum atomic E-state index is -1.18. The van der Waals surface area contributed by atoms with Gasteiger partial charge < -0.3 is 19.5 Å². The number of hydrogen-bond acceptors (Lipinski definition) is 8. The van der Waals surface area contributed by atoms with Crippen molar-refractivity contribution in [3.63, 3.8) is 0 Å². The van der Waals surface area contributed by atoms with Gasteiger partial charge in [-0.25, -0.2) is 4.98 Å². The Hall–Kier alpha value is -3.79. The van der Waals surface area contributed by atoms with Gasteiger partial charge in [-0.15, -0.1) is 0 Å². The largest absolute Gasteiger partial charge is 0.495 e. The first-order valence-corrected chi connectivity index (χ1v) is 23.0. The molecule has 6 aliphatic rings. The molecule has 4 fully saturated rings. The van der Waals surface area contributed by atoms with Gasteiger partial charge in [0.1, 0.15) is 17.7 Å². The number of amides is 1. The normalized spacial score (nSPS) is 34.8. The first kappa shape index (κ1) is 45.2. The van der Waals surface area contributed by atoms with Crippen LogP contribution in [0, 0.1) is 56.2 Å². The van der Waals surface area contributed by atoms with Crippen molar-refractivity contribution < 1.29 is 33.8 Å². The van der Waals surface area contributed by atoms with Crippen LogP contribution in [0.5, 0.6) is 5.75 Å². The zero-order valence-electron chi connectivity index (χ0n) is 39.2. The maximum absolute atomic E-state index is 14.6. The maximum Gasteiger partial charge on any atom is 0.309 e. The number of allylic oxidation sites excluding steroid dienone is 4. The topological polar surface area (TPSA) is 126 Å². The Balaban J connectivity index is 1.24. The van der Waals surface area contributed by atoms with Crippen LogP contribution in [0.15, 0.2) is 52.8 Å². The zero-order valence-corrected chi connectivity index (χ0v) is 39.2. The summed E-state index contributed by atoms with van der Waals surface area (Å²) < 4.78 is 11.6. The molecule has 61 heavy (non-hydrogen) atoms. The summed E-state index contributed by atoms with van der Waals surface area (Å²) >= 11 is 0. The predicted molar refractivity (Wildman–Crippen MR) is 238 cm³/mol. The minimum absolute atomic E-state index is 0.0103. The van der Waals surface area contributed by atoms with E-state index in [4.69, 9.17) is 9.47 Å². The van der Waals surface area contributed by atoms with E-state index >= 15 is 0 Å². The van der Waals surface area contributed by atoms with E-state index < -0.39 is 22.8 Å². The number of aromatic nitrogens is 1. The number of anilines is 1. The molecule has 7 rings (SSSR count). The van der Waals surface area contributed by atoms with Gasteiger partial charge in [0.15, 0.2) is 5.78 Å². The maximum atomic E-state index is 14.6. The average Bonchev–Trinajstić information content (AvgIpc) is 3.38. The number of fused-ring (bicyclic) bond motifs is 7. The van der Waals surface area contributed by atoms with Crippen LogP contribution >= 0.6 is 0 Å². The lowest BCUT2D eigenvalue weighted by molar-refractivity contribution is -0.233. The monoisotopic (exact) mass is 840 g/mol. The quantitative estimate of drug-likeness (QED) is 0.217. The Morgan fingerprint density at radius 2 is 1.67 bits per heavy atom. The molecule has 5 aliphatic carbocycles. The highest BCUT2D eigenvalue weighted by molar-refractivity contribution is 6.05. The highest BCUT2D eigenvalue weighted by Crippen LogP contribution is 2.77. The summed E-state index contributed by atoms with van der Waals surface area (Å²) in [6.45, 7) is 21.0. The molecule has 2 heterocycles. The molecule has 1 amide bonds. The smallest absolute Gasteiger partial charge is 0.309 e. The fourth-order valence-corrected chi connectivity index (χ4v) is 14.2. The molecule has 1 aromatic heterocycles. The summed E-state index contributed by atoms with van der Waals surface area (Å²) in [5.41, 5.74) is 2.47. The summed E-state index contributed by atoms with van der Waals surface area (Å²) in [7, 11) is 5.76. The van der Waals surface area contributed by atoms with Crippen molar-refractivity contribution in [1.29, 1.82) is 0 Å². The van der Waals surface area contributed by atoms with Crippen LogP contribution < -0.4 is 9.64 Å². The molecule has 10 heteroatoms. The number of carboxylic acids is 1. The Morgan fingerprint density at radius 1 is 0.951 bits per heavy atom. The van der Waals surface area contributed by atoms with Crippen molar-refractivity contribution in [2.45, 2.75) is 139 Å². The number of esters is 1. The number of Topliss-reactive ketones (excluding diaryl/α,β-unsaturated/α-hetero) is 1. The van der Waals surface area contributed by atoms with Crippen LogP contribution in [0.25, 0.3) is 0 Å². The Kier molecular flexibility index (Phi) is 11.7. The number of methoxy groups -OCH3 is 1. The SMILES string of the molecule is COc1ccc(N2CC(CCN(C)C)=CC(C34CCC5(C)C(CCC6C7(C)CCC(OC(=O)CC(C)(C)C(=O)O)C(C)(C)C7CCC65C)C3=C(C(C)C)C(=O)C4)=CC2=O)nc1. The standard InChI is InChI=1S/C51H73N3O7/c1-31(2)43-36(55)27-51(33-25-32(19-24-53(10)11)30-54(41(56)26-33)40-16-13-34(60-12)29-52-40)23-22-49(8)35(44(43)51)14-15-38-48(7)20-18-39(61-42(57)28-46(3,4)45(58)59)47(5,6)37(48)17-21-50(38,49)9/h13,16,25-26,29,31,35,37-39H,14-15,17-24,27-28,30H2,1-12H3,(H,58,59). The molecule has 334 valence electrons. The molecule has 1 aliphatic heterocycles. The lowest BCUT2D eigenvalue weighted by atomic mass is 9.32. The molecular weight excluding hydrogens is 767 g/mol. The van der Waals surface area contributed by atoms with Gasteiger partial charge in [0.2, 0.25) is 0 Å². The van der Waals surface area contributed by atoms with Crippen LogP contribution in [0.2, 0.25) is 0 Å². The number of nitrogens with zero attached hydrogens (tertiary/aromatic N) is 3. The second-order valence-electron chi connectivity index (χ2n) is 22.4. The van der Waals surface area contributed by atoms with Crippen molar-refractivity contribution in [1.82, 2.24) is 9.88 Å². The lowest BCUT2D eigenvalue weighted by Gasteiger charge is -2.72. The molecule has 0 saturated heterocycles. The third-order valence-corrected chi connectivity index (χ3v) is 17.7. The average molecular weight is 840 g/mol. The first-order chi connectivity index (χ1) is 28.4. The molecule has 10 nitrogen and oxygen atoms in total. The predicted octanol–water partition coefficient (Wildman–Crippen LogP) is 9.63. The van der Waals surface area contributed by atoms with Gasteiger partial charge in [-0.1, -0.05) is 54.5 Å². The summed E-state index contributed by atoms with van der Waals surface area (Å²) in [6, 6.07) is 3.70. The van der Waals surface area contributed by atoms with E-state index in [1.165, 1.54) is 5.57 Å². The minimum Gasteiger partial charge on any atom is -0.495 e. The van der Waals surface area contributed by atoms with Crippen molar-refractivity contribution in [3.05, 3.63) is 52.8 Å². The third-order valence-electron chi connectivity index (χ3n) is 17.7. The molecule has 0 aromatic carbocycles. The molecular formula is C51H73N3O7. The first-order valence-electron chi connectivity index (χ1n) is 23.0. The van der Waals surface area contributed by atoms with Crippen molar-refractivity contribution >= 4 is 29.4 Å². The molecule has 1 aromatic rings. The van der Waals surface area contributed by atoms with Crippen LogP contribution in [-0.2, 0) is 23.9 Å². The van der Waals surface area contributed by atoms with Gasteiger partial charge in [-0.3, -0.25) is 24.1 Å². The molecule has 1 N–H and O–H groups in total. The summed E-state index contributed by atoms with van der Waals surface area (Å²) in [5, 5.41) is 9.69. The van der Waals surface area contributed by atoms with Gasteiger partial charge in [0.05, 0.1) is 25.1 Å². The number of ether oxygens (including phenoxy) is 2. The van der Waals surface area contributed by atoms with Gasteiger partial charge in [0, 0.05) is 36.4 Å². The van der Waals surface area contributed by atoms with Crippen LogP contribution in [0.1, 0.15) is 133 Å². The molecule has 0 bridgehead atoms. The molecule has 8 atom stereocenters. The third kappa shape index (κ3) is 7.32. The number of ketones is 1. The van der Waals surface area contributed by atoms with Crippen LogP contribution in [0.3, 0.4) is 0 Å². The number of aliphatic carboxylic acids is 1. The Morgan fingerprint density at radius 3 is 2.30 bits per heavy atom.